The van der Waals surface area contributed by atoms with Crippen molar-refractivity contribution in [2.75, 3.05) is 0 Å². The number of hydrogen-bond acceptors (Lipinski definition) is 2. The fourth-order valence-corrected chi connectivity index (χ4v) is 1.07. The second kappa shape index (κ2) is 5.07. The van der Waals surface area contributed by atoms with Crippen LogP contribution >= 0.6 is 0 Å². The molecule has 1 aromatic carbocycles. The van der Waals surface area contributed by atoms with Crippen molar-refractivity contribution in [1.82, 2.24) is 5.32 Å². The molecule has 0 heterocycles. The molecule has 0 spiro atoms. The SMILES string of the molecule is C=CNC(=O)O[C@H](C)c1ccccc1. The maximum atomic E-state index is 11.0. The average molecular weight is 191 g/mol. The van der Waals surface area contributed by atoms with Crippen LogP contribution in [0.2, 0.25) is 0 Å². The molecule has 3 nitrogen and oxygen atoms in total. The van der Waals surface area contributed by atoms with E-state index in [1.165, 1.54) is 6.20 Å². The van der Waals surface area contributed by atoms with Gasteiger partial charge in [-0.05, 0) is 18.7 Å². The molecular formula is C11H13NO2. The number of rotatable bonds is 3. The first-order chi connectivity index (χ1) is 6.74. The predicted molar refractivity (Wildman–Crippen MR) is 54.7 cm³/mol. The van der Waals surface area contributed by atoms with E-state index in [1.807, 2.05) is 37.3 Å². The molecule has 1 aromatic rings. The molecule has 1 atom stereocenters. The number of alkyl carbamates (subject to hydrolysis) is 1. The fourth-order valence-electron chi connectivity index (χ4n) is 1.07. The molecule has 0 radical (unpaired) electrons. The third-order valence-electron chi connectivity index (χ3n) is 1.77. The molecule has 74 valence electrons. The molecule has 14 heavy (non-hydrogen) atoms. The Hall–Kier alpha value is -1.77. The summed E-state index contributed by atoms with van der Waals surface area (Å²) in [6, 6.07) is 9.54. The lowest BCUT2D eigenvalue weighted by Gasteiger charge is -2.12. The van der Waals surface area contributed by atoms with Gasteiger partial charge in [0.05, 0.1) is 0 Å². The summed E-state index contributed by atoms with van der Waals surface area (Å²) in [6.45, 7) is 5.19. The Labute approximate surface area is 83.4 Å². The van der Waals surface area contributed by atoms with Gasteiger partial charge in [-0.1, -0.05) is 36.9 Å². The molecule has 1 rings (SSSR count). The lowest BCUT2D eigenvalue weighted by Crippen LogP contribution is -2.19. The van der Waals surface area contributed by atoms with Crippen LogP contribution in [0.3, 0.4) is 0 Å². The van der Waals surface area contributed by atoms with Crippen molar-refractivity contribution in [3.63, 3.8) is 0 Å². The van der Waals surface area contributed by atoms with Crippen LogP contribution in [0.1, 0.15) is 18.6 Å². The Bertz CT molecular complexity index is 308. The van der Waals surface area contributed by atoms with Crippen molar-refractivity contribution in [1.29, 1.82) is 0 Å². The van der Waals surface area contributed by atoms with Gasteiger partial charge in [-0.25, -0.2) is 4.79 Å². The molecule has 0 saturated carbocycles. The number of carbonyl (C=O) groups excluding carboxylic acids is 1. The van der Waals surface area contributed by atoms with Crippen molar-refractivity contribution >= 4 is 6.09 Å². The summed E-state index contributed by atoms with van der Waals surface area (Å²) in [7, 11) is 0. The second-order valence-corrected chi connectivity index (χ2v) is 2.81. The van der Waals surface area contributed by atoms with Crippen molar-refractivity contribution in [2.24, 2.45) is 0 Å². The molecule has 0 saturated heterocycles. The number of ether oxygens (including phenoxy) is 1. The molecule has 0 bridgehead atoms. The van der Waals surface area contributed by atoms with E-state index in [4.69, 9.17) is 4.74 Å². The van der Waals surface area contributed by atoms with Gasteiger partial charge in [-0.15, -0.1) is 0 Å². The summed E-state index contributed by atoms with van der Waals surface area (Å²) < 4.78 is 5.06. The van der Waals surface area contributed by atoms with Crippen LogP contribution in [-0.4, -0.2) is 6.09 Å². The first-order valence-corrected chi connectivity index (χ1v) is 4.37. The Balaban J connectivity index is 2.54. The molecule has 0 unspecified atom stereocenters. The first kappa shape index (κ1) is 10.3. The van der Waals surface area contributed by atoms with Crippen LogP contribution in [0, 0.1) is 0 Å². The van der Waals surface area contributed by atoms with E-state index in [0.29, 0.717) is 0 Å². The summed E-state index contributed by atoms with van der Waals surface area (Å²) in [5.41, 5.74) is 0.965. The maximum absolute atomic E-state index is 11.0. The summed E-state index contributed by atoms with van der Waals surface area (Å²) in [5, 5.41) is 2.35. The third-order valence-corrected chi connectivity index (χ3v) is 1.77. The highest BCUT2D eigenvalue weighted by atomic mass is 16.6. The number of nitrogens with one attached hydrogen (secondary N) is 1. The largest absolute Gasteiger partial charge is 0.441 e. The average Bonchev–Trinajstić information content (AvgIpc) is 2.19. The highest BCUT2D eigenvalue weighted by Gasteiger charge is 2.09. The van der Waals surface area contributed by atoms with E-state index in [0.717, 1.165) is 5.56 Å². The lowest BCUT2D eigenvalue weighted by molar-refractivity contribution is 0.110. The lowest BCUT2D eigenvalue weighted by atomic mass is 10.1. The number of amides is 1. The fraction of sp³-hybridized carbons (Fsp3) is 0.182. The number of benzene rings is 1. The van der Waals surface area contributed by atoms with Crippen molar-refractivity contribution in [3.05, 3.63) is 48.7 Å². The molecule has 0 aliphatic heterocycles. The summed E-state index contributed by atoms with van der Waals surface area (Å²) in [6.07, 6.45) is 0.549. The van der Waals surface area contributed by atoms with Gasteiger partial charge in [0.15, 0.2) is 0 Å². The van der Waals surface area contributed by atoms with Gasteiger partial charge in [-0.3, -0.25) is 5.32 Å². The van der Waals surface area contributed by atoms with Crippen LogP contribution in [0.4, 0.5) is 4.79 Å². The summed E-state index contributed by atoms with van der Waals surface area (Å²) in [5.74, 6) is 0. The molecule has 1 amide bonds. The van der Waals surface area contributed by atoms with Crippen LogP contribution in [-0.2, 0) is 4.74 Å². The highest BCUT2D eigenvalue weighted by Crippen LogP contribution is 2.15. The van der Waals surface area contributed by atoms with Gasteiger partial charge < -0.3 is 4.74 Å². The zero-order valence-electron chi connectivity index (χ0n) is 8.07. The molecule has 0 fully saturated rings. The van der Waals surface area contributed by atoms with E-state index >= 15 is 0 Å². The number of hydrogen-bond donors (Lipinski definition) is 1. The maximum Gasteiger partial charge on any atom is 0.411 e. The van der Waals surface area contributed by atoms with Crippen molar-refractivity contribution in [2.45, 2.75) is 13.0 Å². The molecule has 0 aromatic heterocycles. The van der Waals surface area contributed by atoms with Gasteiger partial charge in [0, 0.05) is 0 Å². The van der Waals surface area contributed by atoms with Crippen molar-refractivity contribution < 1.29 is 9.53 Å². The second-order valence-electron chi connectivity index (χ2n) is 2.81. The van der Waals surface area contributed by atoms with Gasteiger partial charge >= 0.3 is 6.09 Å². The minimum atomic E-state index is -0.489. The summed E-state index contributed by atoms with van der Waals surface area (Å²) in [4.78, 5) is 11.0. The van der Waals surface area contributed by atoms with Crippen molar-refractivity contribution in [3.8, 4) is 0 Å². The molecule has 0 aliphatic rings. The van der Waals surface area contributed by atoms with E-state index in [1.54, 1.807) is 0 Å². The Morgan fingerprint density at radius 2 is 2.14 bits per heavy atom. The quantitative estimate of drug-likeness (QED) is 0.797. The van der Waals surface area contributed by atoms with Gasteiger partial charge in [0.1, 0.15) is 6.10 Å². The van der Waals surface area contributed by atoms with Crippen LogP contribution in [0.5, 0.6) is 0 Å². The topological polar surface area (TPSA) is 38.3 Å². The summed E-state index contributed by atoms with van der Waals surface area (Å²) >= 11 is 0. The minimum absolute atomic E-state index is 0.254. The molecule has 1 N–H and O–H groups in total. The highest BCUT2D eigenvalue weighted by molar-refractivity contribution is 5.68. The standard InChI is InChI=1S/C11H13NO2/c1-3-12-11(13)14-9(2)10-7-5-4-6-8-10/h3-9H,1H2,2H3,(H,12,13)/t9-/m1/s1. The van der Waals surface area contributed by atoms with E-state index in [2.05, 4.69) is 11.9 Å². The predicted octanol–water partition coefficient (Wildman–Crippen LogP) is 2.62. The Kier molecular flexibility index (Phi) is 3.73. The van der Waals surface area contributed by atoms with E-state index < -0.39 is 6.09 Å². The zero-order valence-corrected chi connectivity index (χ0v) is 8.07. The Morgan fingerprint density at radius 3 is 2.71 bits per heavy atom. The molecular weight excluding hydrogens is 178 g/mol. The molecule has 3 heteroatoms. The van der Waals surface area contributed by atoms with Crippen LogP contribution < -0.4 is 5.32 Å². The van der Waals surface area contributed by atoms with Gasteiger partial charge in [0.2, 0.25) is 0 Å². The monoisotopic (exact) mass is 191 g/mol. The molecule has 0 aliphatic carbocycles. The van der Waals surface area contributed by atoms with Crippen LogP contribution in [0.15, 0.2) is 43.1 Å². The minimum Gasteiger partial charge on any atom is -0.441 e. The first-order valence-electron chi connectivity index (χ1n) is 4.37. The third kappa shape index (κ3) is 2.94. The normalized spacial score (nSPS) is 11.5. The smallest absolute Gasteiger partial charge is 0.411 e. The van der Waals surface area contributed by atoms with E-state index in [-0.39, 0.29) is 6.10 Å². The zero-order chi connectivity index (χ0) is 10.4. The van der Waals surface area contributed by atoms with Gasteiger partial charge in [-0.2, -0.15) is 0 Å². The van der Waals surface area contributed by atoms with Crippen LogP contribution in [0.25, 0.3) is 0 Å². The van der Waals surface area contributed by atoms with Gasteiger partial charge in [0.25, 0.3) is 0 Å². The number of carbonyl (C=O) groups is 1. The van der Waals surface area contributed by atoms with E-state index in [9.17, 15) is 4.79 Å². The Morgan fingerprint density at radius 1 is 1.50 bits per heavy atom.